The van der Waals surface area contributed by atoms with Crippen LogP contribution in [-0.2, 0) is 6.18 Å². The van der Waals surface area contributed by atoms with Crippen molar-refractivity contribution in [1.29, 1.82) is 0 Å². The standard InChI is InChI=1S/C10H11F3.C10H12F2O.C10H14O.C9H11F/c1-7(2)8-4-3-5-9(6-8)10(11,12)13;1-7(2)8-4-3-5-9(6-8)13-10(11)12;1-8(2)9-6-4-5-7-10(9)11-3;1-7(2)8-4-3-5-9(10)6-8/h3-7H,1-2H3;3-7,10H,1-2H3;4-8H,1-3H3;3-7H,1-2H3. The zero-order valence-corrected chi connectivity index (χ0v) is 28.7. The number of hydrogen-bond acceptors (Lipinski definition) is 2. The van der Waals surface area contributed by atoms with Crippen molar-refractivity contribution >= 4 is 0 Å². The Balaban J connectivity index is 0.000000315. The quantitative estimate of drug-likeness (QED) is 0.183. The second-order valence-electron chi connectivity index (χ2n) is 12.0. The number of alkyl halides is 5. The fraction of sp³-hybridized carbons (Fsp3) is 0.385. The van der Waals surface area contributed by atoms with Crippen LogP contribution in [0.5, 0.6) is 11.5 Å². The van der Waals surface area contributed by atoms with Gasteiger partial charge in [0.2, 0.25) is 0 Å². The van der Waals surface area contributed by atoms with Crippen LogP contribution in [0.1, 0.15) is 107 Å². The van der Waals surface area contributed by atoms with Crippen LogP contribution in [0.15, 0.2) is 97.1 Å². The number of benzene rings is 4. The lowest BCUT2D eigenvalue weighted by Crippen LogP contribution is -2.05. The Hall–Kier alpha value is -3.94. The van der Waals surface area contributed by atoms with Crippen LogP contribution in [0.4, 0.5) is 26.3 Å². The number of methoxy groups -OCH3 is 1. The van der Waals surface area contributed by atoms with Crippen LogP contribution < -0.4 is 9.47 Å². The predicted octanol–water partition coefficient (Wildman–Crippen LogP) is 13.0. The van der Waals surface area contributed by atoms with Crippen molar-refractivity contribution in [3.05, 3.63) is 131 Å². The smallest absolute Gasteiger partial charge is 0.416 e. The Kier molecular flexibility index (Phi) is 17.8. The zero-order valence-electron chi connectivity index (χ0n) is 28.7. The van der Waals surface area contributed by atoms with Crippen LogP contribution in [0.2, 0.25) is 0 Å². The molecule has 0 amide bonds. The van der Waals surface area contributed by atoms with Gasteiger partial charge in [-0.1, -0.05) is 116 Å². The van der Waals surface area contributed by atoms with Gasteiger partial charge in [-0.05, 0) is 82.3 Å². The molecule has 0 aliphatic carbocycles. The molecule has 4 aromatic rings. The lowest BCUT2D eigenvalue weighted by molar-refractivity contribution is -0.137. The summed E-state index contributed by atoms with van der Waals surface area (Å²) in [7, 11) is 1.71. The highest BCUT2D eigenvalue weighted by Crippen LogP contribution is 2.31. The molecular weight excluding hydrogens is 614 g/mol. The number of halogens is 6. The number of ether oxygens (including phenoxy) is 2. The lowest BCUT2D eigenvalue weighted by Gasteiger charge is -2.10. The second kappa shape index (κ2) is 20.3. The molecule has 0 bridgehead atoms. The van der Waals surface area contributed by atoms with Gasteiger partial charge in [0.25, 0.3) is 0 Å². The number of hydrogen-bond donors (Lipinski definition) is 0. The second-order valence-corrected chi connectivity index (χ2v) is 12.0. The molecule has 4 rings (SSSR count). The fourth-order valence-electron chi connectivity index (χ4n) is 4.13. The Morgan fingerprint density at radius 1 is 0.553 bits per heavy atom. The molecule has 0 unspecified atom stereocenters. The van der Waals surface area contributed by atoms with Gasteiger partial charge in [-0.3, -0.25) is 0 Å². The zero-order chi connectivity index (χ0) is 35.7. The topological polar surface area (TPSA) is 18.5 Å². The van der Waals surface area contributed by atoms with Gasteiger partial charge in [-0.25, -0.2) is 4.39 Å². The molecule has 258 valence electrons. The van der Waals surface area contributed by atoms with Crippen LogP contribution in [0.25, 0.3) is 0 Å². The molecule has 0 atom stereocenters. The average Bonchev–Trinajstić information content (AvgIpc) is 3.01. The van der Waals surface area contributed by atoms with E-state index in [1.165, 1.54) is 29.8 Å². The molecule has 2 nitrogen and oxygen atoms in total. The van der Waals surface area contributed by atoms with Crippen molar-refractivity contribution in [3.8, 4) is 11.5 Å². The molecule has 0 aliphatic heterocycles. The lowest BCUT2D eigenvalue weighted by atomic mass is 10.0. The molecule has 0 saturated heterocycles. The summed E-state index contributed by atoms with van der Waals surface area (Å²) >= 11 is 0. The average molecular weight is 663 g/mol. The minimum Gasteiger partial charge on any atom is -0.496 e. The van der Waals surface area contributed by atoms with E-state index < -0.39 is 18.4 Å². The summed E-state index contributed by atoms with van der Waals surface area (Å²) in [5.74, 6) is 2.46. The summed E-state index contributed by atoms with van der Waals surface area (Å²) in [6.45, 7) is 13.4. The molecule has 0 heterocycles. The summed E-state index contributed by atoms with van der Waals surface area (Å²) < 4.78 is 82.4. The summed E-state index contributed by atoms with van der Waals surface area (Å²) in [6, 6.07) is 27.1. The molecule has 0 spiro atoms. The van der Waals surface area contributed by atoms with Crippen LogP contribution in [0, 0.1) is 5.82 Å². The van der Waals surface area contributed by atoms with Crippen molar-refractivity contribution in [2.75, 3.05) is 7.11 Å². The summed E-state index contributed by atoms with van der Waals surface area (Å²) in [5.41, 5.74) is 3.47. The van der Waals surface area contributed by atoms with E-state index in [0.29, 0.717) is 17.8 Å². The molecule has 0 aromatic heterocycles. The molecular formula is C39H48F6O2. The monoisotopic (exact) mass is 662 g/mol. The van der Waals surface area contributed by atoms with Gasteiger partial charge in [0.05, 0.1) is 12.7 Å². The third kappa shape index (κ3) is 15.9. The summed E-state index contributed by atoms with van der Waals surface area (Å²) in [4.78, 5) is 0. The maximum absolute atomic E-state index is 12.5. The minimum atomic E-state index is -4.23. The van der Waals surface area contributed by atoms with E-state index in [0.717, 1.165) is 28.5 Å². The summed E-state index contributed by atoms with van der Waals surface area (Å²) in [6.07, 6.45) is -4.23. The Labute approximate surface area is 276 Å². The first-order chi connectivity index (χ1) is 22.0. The Morgan fingerprint density at radius 3 is 1.47 bits per heavy atom. The van der Waals surface area contributed by atoms with E-state index in [9.17, 15) is 26.3 Å². The maximum atomic E-state index is 12.5. The first-order valence-electron chi connectivity index (χ1n) is 15.6. The first-order valence-corrected chi connectivity index (χ1v) is 15.6. The molecule has 0 saturated carbocycles. The molecule has 47 heavy (non-hydrogen) atoms. The predicted molar refractivity (Wildman–Crippen MR) is 180 cm³/mol. The summed E-state index contributed by atoms with van der Waals surface area (Å²) in [5, 5.41) is 0. The third-order valence-corrected chi connectivity index (χ3v) is 6.91. The van der Waals surface area contributed by atoms with E-state index in [1.54, 1.807) is 37.4 Å². The highest BCUT2D eigenvalue weighted by atomic mass is 19.4. The van der Waals surface area contributed by atoms with Gasteiger partial charge in [0, 0.05) is 0 Å². The number of para-hydroxylation sites is 1. The molecule has 0 radical (unpaired) electrons. The van der Waals surface area contributed by atoms with Crippen molar-refractivity contribution in [2.24, 2.45) is 0 Å². The van der Waals surface area contributed by atoms with Gasteiger partial charge in [0.15, 0.2) is 0 Å². The van der Waals surface area contributed by atoms with E-state index in [4.69, 9.17) is 4.74 Å². The van der Waals surface area contributed by atoms with Crippen molar-refractivity contribution in [2.45, 2.75) is 91.8 Å². The normalized spacial score (nSPS) is 11.0. The minimum absolute atomic E-state index is 0.127. The first kappa shape index (κ1) is 41.1. The van der Waals surface area contributed by atoms with Gasteiger partial charge in [0.1, 0.15) is 17.3 Å². The SMILES string of the molecule is CC(C)c1cccc(C(F)(F)F)c1.CC(C)c1cccc(F)c1.CC(C)c1cccc(OC(F)F)c1.COc1ccccc1C(C)C. The van der Waals surface area contributed by atoms with Gasteiger partial charge in [-0.2, -0.15) is 22.0 Å². The van der Waals surface area contributed by atoms with E-state index in [-0.39, 0.29) is 17.5 Å². The number of rotatable bonds is 7. The highest BCUT2D eigenvalue weighted by Gasteiger charge is 2.30. The maximum Gasteiger partial charge on any atom is 0.416 e. The van der Waals surface area contributed by atoms with Gasteiger partial charge >= 0.3 is 12.8 Å². The van der Waals surface area contributed by atoms with E-state index in [2.05, 4.69) is 38.5 Å². The van der Waals surface area contributed by atoms with Crippen molar-refractivity contribution < 1.29 is 35.8 Å². The molecule has 4 aromatic carbocycles. The molecule has 0 N–H and O–H groups in total. The molecule has 0 aliphatic rings. The fourth-order valence-corrected chi connectivity index (χ4v) is 4.13. The van der Waals surface area contributed by atoms with Crippen molar-refractivity contribution in [1.82, 2.24) is 0 Å². The van der Waals surface area contributed by atoms with Crippen LogP contribution in [0.3, 0.4) is 0 Å². The van der Waals surface area contributed by atoms with E-state index in [1.807, 2.05) is 58.0 Å². The Morgan fingerprint density at radius 2 is 1.04 bits per heavy atom. The van der Waals surface area contributed by atoms with E-state index >= 15 is 0 Å². The van der Waals surface area contributed by atoms with Crippen molar-refractivity contribution in [3.63, 3.8) is 0 Å². The third-order valence-electron chi connectivity index (χ3n) is 6.91. The molecule has 0 fully saturated rings. The highest BCUT2D eigenvalue weighted by molar-refractivity contribution is 5.35. The van der Waals surface area contributed by atoms with Gasteiger partial charge in [-0.15, -0.1) is 0 Å². The van der Waals surface area contributed by atoms with Crippen LogP contribution >= 0.6 is 0 Å². The molecule has 8 heteroatoms. The largest absolute Gasteiger partial charge is 0.496 e. The van der Waals surface area contributed by atoms with Crippen LogP contribution in [-0.4, -0.2) is 13.7 Å². The Bertz CT molecular complexity index is 1450. The van der Waals surface area contributed by atoms with Gasteiger partial charge < -0.3 is 9.47 Å².